The molecule has 2 aromatic rings. The van der Waals surface area contributed by atoms with E-state index >= 15 is 0 Å². The van der Waals surface area contributed by atoms with Crippen LogP contribution in [0.2, 0.25) is 0 Å². The summed E-state index contributed by atoms with van der Waals surface area (Å²) in [5.41, 5.74) is 3.57. The second-order valence-corrected chi connectivity index (χ2v) is 7.80. The Kier molecular flexibility index (Phi) is 5.69. The third kappa shape index (κ3) is 4.21. The molecule has 2 heterocycles. The van der Waals surface area contributed by atoms with Gasteiger partial charge in [-0.3, -0.25) is 9.59 Å². The summed E-state index contributed by atoms with van der Waals surface area (Å²) in [5.74, 6) is -0.112. The molecular weight excluding hydrogens is 364 g/mol. The van der Waals surface area contributed by atoms with Gasteiger partial charge in [0, 0.05) is 25.6 Å². The lowest BCUT2D eigenvalue weighted by Crippen LogP contribution is -2.42. The van der Waals surface area contributed by atoms with Gasteiger partial charge in [-0.2, -0.15) is 0 Å². The molecule has 0 spiro atoms. The fourth-order valence-corrected chi connectivity index (χ4v) is 4.26. The predicted molar refractivity (Wildman–Crippen MR) is 118 cm³/mol. The number of carbonyl (C=O) groups is 2. The van der Waals surface area contributed by atoms with Gasteiger partial charge >= 0.3 is 0 Å². The number of hydrogen-bond acceptors (Lipinski definition) is 4. The Morgan fingerprint density at radius 1 is 1.03 bits per heavy atom. The van der Waals surface area contributed by atoms with Crippen molar-refractivity contribution in [3.05, 3.63) is 48.5 Å². The molecule has 2 aliphatic rings. The van der Waals surface area contributed by atoms with E-state index in [0.717, 1.165) is 30.2 Å². The monoisotopic (exact) mass is 392 g/mol. The average molecular weight is 393 g/mol. The summed E-state index contributed by atoms with van der Waals surface area (Å²) in [7, 11) is 0. The first-order chi connectivity index (χ1) is 14.1. The summed E-state index contributed by atoms with van der Waals surface area (Å²) in [6.45, 7) is 4.20. The van der Waals surface area contributed by atoms with Crippen LogP contribution < -0.4 is 20.4 Å². The number of anilines is 4. The van der Waals surface area contributed by atoms with Crippen LogP contribution in [-0.4, -0.2) is 37.5 Å². The first-order valence-electron chi connectivity index (χ1n) is 10.4. The van der Waals surface area contributed by atoms with Gasteiger partial charge in [0.25, 0.3) is 0 Å². The van der Waals surface area contributed by atoms with Crippen LogP contribution in [0, 0.1) is 0 Å². The fraction of sp³-hybridized carbons (Fsp3) is 0.391. The molecule has 0 radical (unpaired) electrons. The van der Waals surface area contributed by atoms with E-state index in [1.807, 2.05) is 49.4 Å². The highest BCUT2D eigenvalue weighted by Crippen LogP contribution is 2.32. The average Bonchev–Trinajstić information content (AvgIpc) is 2.87. The number of fused-ring (bicyclic) bond motifs is 1. The van der Waals surface area contributed by atoms with Crippen molar-refractivity contribution in [2.45, 2.75) is 38.6 Å². The molecular formula is C23H28N4O2. The van der Waals surface area contributed by atoms with Crippen LogP contribution in [0.3, 0.4) is 0 Å². The van der Waals surface area contributed by atoms with Gasteiger partial charge in [-0.25, -0.2) is 0 Å². The summed E-state index contributed by atoms with van der Waals surface area (Å²) in [4.78, 5) is 29.5. The Bertz CT molecular complexity index is 892. The molecule has 0 aliphatic carbocycles. The van der Waals surface area contributed by atoms with E-state index in [4.69, 9.17) is 0 Å². The number of benzene rings is 2. The number of nitrogens with zero attached hydrogens (tertiary/aromatic N) is 2. The van der Waals surface area contributed by atoms with Crippen LogP contribution >= 0.6 is 0 Å². The minimum Gasteiger partial charge on any atom is -0.374 e. The summed E-state index contributed by atoms with van der Waals surface area (Å²) < 4.78 is 0. The molecule has 0 bridgehead atoms. The molecule has 29 heavy (non-hydrogen) atoms. The molecule has 2 aliphatic heterocycles. The maximum absolute atomic E-state index is 13.2. The van der Waals surface area contributed by atoms with Crippen molar-refractivity contribution in [1.82, 2.24) is 0 Å². The van der Waals surface area contributed by atoms with Gasteiger partial charge in [-0.1, -0.05) is 24.3 Å². The minimum atomic E-state index is -0.203. The van der Waals surface area contributed by atoms with Crippen molar-refractivity contribution in [2.75, 3.05) is 40.1 Å². The van der Waals surface area contributed by atoms with E-state index < -0.39 is 0 Å². The molecule has 0 saturated carbocycles. The van der Waals surface area contributed by atoms with Crippen molar-refractivity contribution in [3.8, 4) is 0 Å². The van der Waals surface area contributed by atoms with Crippen LogP contribution in [0.15, 0.2) is 48.5 Å². The summed E-state index contributed by atoms with van der Waals surface area (Å²) in [6.07, 6.45) is 3.97. The second-order valence-electron chi connectivity index (χ2n) is 7.80. The van der Waals surface area contributed by atoms with Crippen molar-refractivity contribution in [2.24, 2.45) is 0 Å². The molecule has 0 unspecified atom stereocenters. The molecule has 2 N–H and O–H groups in total. The lowest BCUT2D eigenvalue weighted by molar-refractivity contribution is -0.118. The molecule has 2 aromatic carbocycles. The number of para-hydroxylation sites is 4. The lowest BCUT2D eigenvalue weighted by atomic mass is 10.1. The zero-order valence-corrected chi connectivity index (χ0v) is 16.9. The van der Waals surface area contributed by atoms with E-state index in [1.54, 1.807) is 4.90 Å². The molecule has 1 atom stereocenters. The Morgan fingerprint density at radius 2 is 1.72 bits per heavy atom. The number of piperidine rings is 1. The first kappa shape index (κ1) is 19.3. The third-order valence-electron chi connectivity index (χ3n) is 5.66. The van der Waals surface area contributed by atoms with Crippen molar-refractivity contribution in [1.29, 1.82) is 0 Å². The van der Waals surface area contributed by atoms with Crippen molar-refractivity contribution in [3.63, 3.8) is 0 Å². The Balaban J connectivity index is 1.52. The molecule has 0 aromatic heterocycles. The number of nitrogens with one attached hydrogen (secondary N) is 2. The summed E-state index contributed by atoms with van der Waals surface area (Å²) in [6, 6.07) is 15.5. The zero-order valence-electron chi connectivity index (χ0n) is 16.9. The van der Waals surface area contributed by atoms with E-state index in [-0.39, 0.29) is 30.8 Å². The molecule has 152 valence electrons. The number of carbonyl (C=O) groups excluding carboxylic acids is 2. The maximum atomic E-state index is 13.2. The quantitative estimate of drug-likeness (QED) is 0.829. The Labute approximate surface area is 171 Å². The molecule has 1 fully saturated rings. The van der Waals surface area contributed by atoms with Gasteiger partial charge in [-0.15, -0.1) is 0 Å². The van der Waals surface area contributed by atoms with Gasteiger partial charge in [0.15, 0.2) is 0 Å². The van der Waals surface area contributed by atoms with Crippen LogP contribution in [0.4, 0.5) is 22.7 Å². The maximum Gasteiger partial charge on any atom is 0.246 e. The topological polar surface area (TPSA) is 64.7 Å². The van der Waals surface area contributed by atoms with Gasteiger partial charge in [0.2, 0.25) is 11.8 Å². The van der Waals surface area contributed by atoms with Gasteiger partial charge in [-0.05, 0) is 50.5 Å². The Morgan fingerprint density at radius 3 is 2.52 bits per heavy atom. The van der Waals surface area contributed by atoms with Gasteiger partial charge < -0.3 is 20.4 Å². The van der Waals surface area contributed by atoms with Gasteiger partial charge in [0.05, 0.1) is 29.3 Å². The number of rotatable bonds is 4. The minimum absolute atomic E-state index is 0.0464. The van der Waals surface area contributed by atoms with E-state index in [1.165, 1.54) is 19.3 Å². The molecule has 1 saturated heterocycles. The first-order valence-corrected chi connectivity index (χ1v) is 10.4. The largest absolute Gasteiger partial charge is 0.374 e. The molecule has 4 rings (SSSR count). The molecule has 6 heteroatoms. The predicted octanol–water partition coefficient (Wildman–Crippen LogP) is 3.85. The zero-order chi connectivity index (χ0) is 20.2. The Hall–Kier alpha value is -3.02. The van der Waals surface area contributed by atoms with Crippen LogP contribution in [0.25, 0.3) is 0 Å². The number of amides is 2. The van der Waals surface area contributed by atoms with Crippen LogP contribution in [0.5, 0.6) is 0 Å². The van der Waals surface area contributed by atoms with E-state index in [0.29, 0.717) is 5.69 Å². The van der Waals surface area contributed by atoms with Gasteiger partial charge in [0.1, 0.15) is 0 Å². The van der Waals surface area contributed by atoms with Crippen LogP contribution in [0.1, 0.15) is 32.6 Å². The lowest BCUT2D eigenvalue weighted by Gasteiger charge is -2.31. The SMILES string of the molecule is C[C@@H]1CC(=O)Nc2ccccc2N1C(=O)CNc1ccccc1N1CCCCC1. The highest BCUT2D eigenvalue weighted by Gasteiger charge is 2.29. The standard InChI is InChI=1S/C23H28N4O2/c1-17-15-22(28)25-19-10-4-6-12-21(19)27(17)23(29)16-24-18-9-3-5-11-20(18)26-13-7-2-8-14-26/h3-6,9-12,17,24H,2,7-8,13-16H2,1H3,(H,25,28)/t17-/m1/s1. The van der Waals surface area contributed by atoms with E-state index in [2.05, 4.69) is 21.6 Å². The third-order valence-corrected chi connectivity index (χ3v) is 5.66. The normalized spacial score (nSPS) is 19.2. The van der Waals surface area contributed by atoms with Crippen molar-refractivity contribution >= 4 is 34.6 Å². The van der Waals surface area contributed by atoms with Crippen molar-refractivity contribution < 1.29 is 9.59 Å². The number of hydrogen-bond donors (Lipinski definition) is 2. The highest BCUT2D eigenvalue weighted by atomic mass is 16.2. The second kappa shape index (κ2) is 8.55. The summed E-state index contributed by atoms with van der Waals surface area (Å²) in [5, 5.41) is 6.26. The van der Waals surface area contributed by atoms with Crippen LogP contribution in [-0.2, 0) is 9.59 Å². The fourth-order valence-electron chi connectivity index (χ4n) is 4.26. The smallest absolute Gasteiger partial charge is 0.246 e. The molecule has 2 amide bonds. The van der Waals surface area contributed by atoms with E-state index in [9.17, 15) is 9.59 Å². The summed E-state index contributed by atoms with van der Waals surface area (Å²) >= 11 is 0. The highest BCUT2D eigenvalue weighted by molar-refractivity contribution is 6.05. The molecule has 6 nitrogen and oxygen atoms in total.